The fraction of sp³-hybridized carbons (Fsp3) is 0.150. The van der Waals surface area contributed by atoms with Gasteiger partial charge in [0.15, 0.2) is 0 Å². The van der Waals surface area contributed by atoms with Crippen LogP contribution in [0.1, 0.15) is 5.56 Å². The summed E-state index contributed by atoms with van der Waals surface area (Å²) >= 11 is 3.00. The highest BCUT2D eigenvalue weighted by atomic mass is 32.2. The predicted octanol–water partition coefficient (Wildman–Crippen LogP) is 4.60. The fourth-order valence-electron chi connectivity index (χ4n) is 2.58. The van der Waals surface area contributed by atoms with Crippen LogP contribution in [0.2, 0.25) is 0 Å². The van der Waals surface area contributed by atoms with Crippen LogP contribution in [0, 0.1) is 6.92 Å². The Bertz CT molecular complexity index is 1100. The first-order valence-corrected chi connectivity index (χ1v) is 12.0. The topological polar surface area (TPSA) is 84.5 Å². The van der Waals surface area contributed by atoms with Crippen molar-refractivity contribution in [1.29, 1.82) is 0 Å². The van der Waals surface area contributed by atoms with Crippen molar-refractivity contribution >= 4 is 50.4 Å². The van der Waals surface area contributed by atoms with Crippen molar-refractivity contribution in [3.63, 3.8) is 0 Å². The van der Waals surface area contributed by atoms with Crippen LogP contribution in [0.25, 0.3) is 0 Å². The molecule has 0 saturated heterocycles. The van der Waals surface area contributed by atoms with Gasteiger partial charge in [0.25, 0.3) is 10.0 Å². The van der Waals surface area contributed by atoms with Crippen LogP contribution in [0.5, 0.6) is 5.75 Å². The summed E-state index contributed by atoms with van der Waals surface area (Å²) in [7, 11) is -2.39. The predicted molar refractivity (Wildman–Crippen MR) is 119 cm³/mol. The number of thioether (sulfide) groups is 1. The minimum atomic E-state index is -3.87. The summed E-state index contributed by atoms with van der Waals surface area (Å²) in [6.07, 6.45) is 0. The lowest BCUT2D eigenvalue weighted by Gasteiger charge is -2.14. The number of aryl methyl sites for hydroxylation is 1. The lowest BCUT2D eigenvalue weighted by molar-refractivity contribution is -0.113. The van der Waals surface area contributed by atoms with E-state index in [2.05, 4.69) is 10.0 Å². The molecule has 0 aliphatic rings. The zero-order valence-electron chi connectivity index (χ0n) is 15.8. The molecular formula is C20H20N2O4S3. The van der Waals surface area contributed by atoms with E-state index < -0.39 is 10.0 Å². The molecule has 0 radical (unpaired) electrons. The molecule has 0 bridgehead atoms. The van der Waals surface area contributed by atoms with Gasteiger partial charge in [-0.3, -0.25) is 9.52 Å². The number of methoxy groups -OCH3 is 1. The quantitative estimate of drug-likeness (QED) is 0.492. The lowest BCUT2D eigenvalue weighted by Crippen LogP contribution is -2.17. The molecule has 0 fully saturated rings. The van der Waals surface area contributed by atoms with Crippen molar-refractivity contribution in [2.75, 3.05) is 22.9 Å². The first kappa shape index (κ1) is 21.2. The Morgan fingerprint density at radius 3 is 2.66 bits per heavy atom. The number of rotatable bonds is 8. The summed E-state index contributed by atoms with van der Waals surface area (Å²) in [5.41, 5.74) is 1.34. The molecule has 3 aromatic rings. The van der Waals surface area contributed by atoms with Crippen LogP contribution in [0.3, 0.4) is 0 Å². The van der Waals surface area contributed by atoms with Gasteiger partial charge in [-0.05, 0) is 48.2 Å². The summed E-state index contributed by atoms with van der Waals surface area (Å²) in [5.74, 6) is 0.465. The van der Waals surface area contributed by atoms with Crippen molar-refractivity contribution in [2.45, 2.75) is 16.0 Å². The van der Waals surface area contributed by atoms with E-state index in [1.54, 1.807) is 54.7 Å². The third-order valence-electron chi connectivity index (χ3n) is 3.95. The van der Waals surface area contributed by atoms with Crippen LogP contribution in [0.15, 0.2) is 69.1 Å². The van der Waals surface area contributed by atoms with Gasteiger partial charge in [0, 0.05) is 5.69 Å². The number of hydrogen-bond donors (Lipinski definition) is 2. The van der Waals surface area contributed by atoms with Crippen LogP contribution in [-0.2, 0) is 14.8 Å². The summed E-state index contributed by atoms with van der Waals surface area (Å²) in [6.45, 7) is 1.70. The van der Waals surface area contributed by atoms with E-state index in [1.807, 2.05) is 17.5 Å². The first-order chi connectivity index (χ1) is 13.9. The number of carbonyl (C=O) groups excluding carboxylic acids is 1. The number of hydrogen-bond acceptors (Lipinski definition) is 6. The van der Waals surface area contributed by atoms with Crippen LogP contribution >= 0.6 is 23.1 Å². The lowest BCUT2D eigenvalue weighted by atomic mass is 10.2. The molecule has 0 aliphatic carbocycles. The molecule has 0 spiro atoms. The standard InChI is InChI=1S/C20H20N2O4S3/c1-14-9-10-15(21-19(23)13-28-20-8-5-11-27-20)12-18(14)29(24,25)22-16-6-3-4-7-17(16)26-2/h3-12,22H,13H2,1-2H3,(H,21,23). The van der Waals surface area contributed by atoms with E-state index in [4.69, 9.17) is 4.74 Å². The Hall–Kier alpha value is -2.49. The van der Waals surface area contributed by atoms with Crippen molar-refractivity contribution in [3.05, 3.63) is 65.5 Å². The molecule has 29 heavy (non-hydrogen) atoms. The van der Waals surface area contributed by atoms with Crippen LogP contribution in [-0.4, -0.2) is 27.2 Å². The van der Waals surface area contributed by atoms with E-state index in [0.717, 1.165) is 4.21 Å². The highest BCUT2D eigenvalue weighted by Gasteiger charge is 2.20. The summed E-state index contributed by atoms with van der Waals surface area (Å²) in [6, 6.07) is 15.5. The molecule has 3 rings (SSSR count). The second kappa shape index (κ2) is 9.34. The van der Waals surface area contributed by atoms with E-state index >= 15 is 0 Å². The molecule has 1 amide bonds. The molecule has 0 saturated carbocycles. The van der Waals surface area contributed by atoms with Gasteiger partial charge in [0.1, 0.15) is 5.75 Å². The molecule has 2 N–H and O–H groups in total. The molecule has 152 valence electrons. The van der Waals surface area contributed by atoms with Crippen LogP contribution < -0.4 is 14.8 Å². The molecule has 2 aromatic carbocycles. The van der Waals surface area contributed by atoms with E-state index in [9.17, 15) is 13.2 Å². The number of para-hydroxylation sites is 2. The number of thiophene rings is 1. The van der Waals surface area contributed by atoms with Gasteiger partial charge >= 0.3 is 0 Å². The van der Waals surface area contributed by atoms with Crippen molar-refractivity contribution in [2.24, 2.45) is 0 Å². The van der Waals surface area contributed by atoms with Gasteiger partial charge in [0.2, 0.25) is 5.91 Å². The molecule has 0 aliphatic heterocycles. The second-order valence-electron chi connectivity index (χ2n) is 6.05. The number of sulfonamides is 1. The zero-order chi connectivity index (χ0) is 20.9. The average Bonchev–Trinajstić information content (AvgIpc) is 3.21. The monoisotopic (exact) mass is 448 g/mol. The highest BCUT2D eigenvalue weighted by molar-refractivity contribution is 8.01. The minimum Gasteiger partial charge on any atom is -0.495 e. The van der Waals surface area contributed by atoms with Crippen molar-refractivity contribution in [3.8, 4) is 5.75 Å². The Kier molecular flexibility index (Phi) is 6.83. The third-order valence-corrected chi connectivity index (χ3v) is 7.59. The highest BCUT2D eigenvalue weighted by Crippen LogP contribution is 2.28. The van der Waals surface area contributed by atoms with Gasteiger partial charge in [-0.1, -0.05) is 24.3 Å². The maximum atomic E-state index is 12.9. The Morgan fingerprint density at radius 2 is 1.93 bits per heavy atom. The number of ether oxygens (including phenoxy) is 1. The first-order valence-electron chi connectivity index (χ1n) is 8.61. The minimum absolute atomic E-state index is 0.0899. The van der Waals surface area contributed by atoms with Gasteiger partial charge in [0.05, 0.1) is 27.7 Å². The Morgan fingerprint density at radius 1 is 1.14 bits per heavy atom. The molecular weight excluding hydrogens is 428 g/mol. The molecule has 0 atom stereocenters. The molecule has 1 heterocycles. The van der Waals surface area contributed by atoms with E-state index in [0.29, 0.717) is 22.7 Å². The largest absolute Gasteiger partial charge is 0.495 e. The summed E-state index contributed by atoms with van der Waals surface area (Å²) in [4.78, 5) is 12.3. The number of carbonyl (C=O) groups is 1. The van der Waals surface area contributed by atoms with Gasteiger partial charge < -0.3 is 10.1 Å². The number of anilines is 2. The average molecular weight is 449 g/mol. The Labute approximate surface area is 178 Å². The maximum Gasteiger partial charge on any atom is 0.262 e. The van der Waals surface area contributed by atoms with E-state index in [1.165, 1.54) is 24.9 Å². The van der Waals surface area contributed by atoms with Gasteiger partial charge in [-0.2, -0.15) is 0 Å². The number of benzene rings is 2. The van der Waals surface area contributed by atoms with Gasteiger partial charge in [-0.25, -0.2) is 8.42 Å². The Balaban J connectivity index is 1.76. The molecule has 6 nitrogen and oxygen atoms in total. The fourth-order valence-corrected chi connectivity index (χ4v) is 5.50. The van der Waals surface area contributed by atoms with Crippen LogP contribution in [0.4, 0.5) is 11.4 Å². The second-order valence-corrected chi connectivity index (χ2v) is 9.93. The number of nitrogens with one attached hydrogen (secondary N) is 2. The molecule has 1 aromatic heterocycles. The molecule has 9 heteroatoms. The SMILES string of the molecule is COc1ccccc1NS(=O)(=O)c1cc(NC(=O)CSc2cccs2)ccc1C. The van der Waals surface area contributed by atoms with Gasteiger partial charge in [-0.15, -0.1) is 23.1 Å². The number of amides is 1. The smallest absolute Gasteiger partial charge is 0.262 e. The molecule has 0 unspecified atom stereocenters. The van der Waals surface area contributed by atoms with Crippen molar-refractivity contribution < 1.29 is 17.9 Å². The van der Waals surface area contributed by atoms with Crippen molar-refractivity contribution in [1.82, 2.24) is 0 Å². The third kappa shape index (κ3) is 5.53. The maximum absolute atomic E-state index is 12.9. The van der Waals surface area contributed by atoms with E-state index in [-0.39, 0.29) is 16.6 Å². The summed E-state index contributed by atoms with van der Waals surface area (Å²) in [5, 5.41) is 4.71. The normalized spacial score (nSPS) is 11.1. The summed E-state index contributed by atoms with van der Waals surface area (Å²) < 4.78 is 34.7. The zero-order valence-corrected chi connectivity index (χ0v) is 18.3.